The molecule has 1 aromatic rings. The number of benzene rings is 1. The van der Waals surface area contributed by atoms with E-state index in [9.17, 15) is 0 Å². The van der Waals surface area contributed by atoms with Crippen LogP contribution < -0.4 is 5.32 Å². The van der Waals surface area contributed by atoms with Crippen molar-refractivity contribution < 1.29 is 0 Å². The monoisotopic (exact) mass is 351 g/mol. The molecule has 0 bridgehead atoms. The Bertz CT molecular complexity index is 453. The Morgan fingerprint density at radius 1 is 1.24 bits per heavy atom. The third-order valence-corrected chi connectivity index (χ3v) is 5.30. The first kappa shape index (κ1) is 15.5. The van der Waals surface area contributed by atoms with E-state index in [2.05, 4.69) is 62.4 Å². The zero-order chi connectivity index (χ0) is 14.7. The van der Waals surface area contributed by atoms with Crippen molar-refractivity contribution in [1.29, 1.82) is 0 Å². The van der Waals surface area contributed by atoms with Crippen molar-refractivity contribution in [3.05, 3.63) is 34.3 Å². The van der Waals surface area contributed by atoms with E-state index in [1.807, 2.05) is 0 Å². The molecule has 3 rings (SSSR count). The lowest BCUT2D eigenvalue weighted by atomic mass is 10.0. The summed E-state index contributed by atoms with van der Waals surface area (Å²) in [5.41, 5.74) is 1.38. The molecule has 3 nitrogen and oxygen atoms in total. The number of hydrogen-bond donors (Lipinski definition) is 1. The zero-order valence-corrected chi connectivity index (χ0v) is 14.5. The molecule has 1 aromatic carbocycles. The standard InChI is InChI=1S/C17H26BrN3/c1-19-17(14-3-2-4-15(18)13-14)7-8-20-9-11-21(12-10-20)16-5-6-16/h2-4,13,16-17,19H,5-12H2,1H3. The van der Waals surface area contributed by atoms with Crippen LogP contribution in [0.1, 0.15) is 30.9 Å². The second kappa shape index (κ2) is 7.23. The van der Waals surface area contributed by atoms with Gasteiger partial charge in [0.1, 0.15) is 0 Å². The van der Waals surface area contributed by atoms with Crippen LogP contribution in [0.2, 0.25) is 0 Å². The minimum absolute atomic E-state index is 0.448. The van der Waals surface area contributed by atoms with Crippen molar-refractivity contribution in [2.45, 2.75) is 31.3 Å². The molecule has 1 unspecified atom stereocenters. The number of piperazine rings is 1. The zero-order valence-electron chi connectivity index (χ0n) is 12.9. The second-order valence-electron chi connectivity index (χ2n) is 6.29. The predicted octanol–water partition coefficient (Wildman–Crippen LogP) is 2.88. The third-order valence-electron chi connectivity index (χ3n) is 4.80. The van der Waals surface area contributed by atoms with Gasteiger partial charge in [-0.15, -0.1) is 0 Å². The first-order valence-electron chi connectivity index (χ1n) is 8.15. The maximum atomic E-state index is 3.57. The molecule has 1 saturated heterocycles. The lowest BCUT2D eigenvalue weighted by Gasteiger charge is -2.35. The first-order chi connectivity index (χ1) is 10.3. The smallest absolute Gasteiger partial charge is 0.0330 e. The van der Waals surface area contributed by atoms with Gasteiger partial charge in [0, 0.05) is 49.3 Å². The Hall–Kier alpha value is -0.420. The maximum Gasteiger partial charge on any atom is 0.0330 e. The highest BCUT2D eigenvalue weighted by atomic mass is 79.9. The number of rotatable bonds is 6. The van der Waals surface area contributed by atoms with Crippen LogP contribution in [0.25, 0.3) is 0 Å². The normalized spacial score (nSPS) is 22.4. The highest BCUT2D eigenvalue weighted by Crippen LogP contribution is 2.27. The Kier molecular flexibility index (Phi) is 5.33. The molecular weight excluding hydrogens is 326 g/mol. The fourth-order valence-corrected chi connectivity index (χ4v) is 3.72. The Morgan fingerprint density at radius 2 is 2.00 bits per heavy atom. The van der Waals surface area contributed by atoms with Crippen molar-refractivity contribution >= 4 is 15.9 Å². The molecule has 0 spiro atoms. The van der Waals surface area contributed by atoms with Crippen molar-refractivity contribution in [1.82, 2.24) is 15.1 Å². The summed E-state index contributed by atoms with van der Waals surface area (Å²) in [5, 5.41) is 3.46. The summed E-state index contributed by atoms with van der Waals surface area (Å²) in [6.07, 6.45) is 4.05. The van der Waals surface area contributed by atoms with E-state index < -0.39 is 0 Å². The van der Waals surface area contributed by atoms with Gasteiger partial charge in [0.2, 0.25) is 0 Å². The van der Waals surface area contributed by atoms with Gasteiger partial charge >= 0.3 is 0 Å². The molecule has 1 atom stereocenters. The minimum atomic E-state index is 0.448. The predicted molar refractivity (Wildman–Crippen MR) is 91.6 cm³/mol. The van der Waals surface area contributed by atoms with Crippen LogP contribution in [0.15, 0.2) is 28.7 Å². The maximum absolute atomic E-state index is 3.57. The quantitative estimate of drug-likeness (QED) is 0.849. The van der Waals surface area contributed by atoms with E-state index in [1.165, 1.54) is 62.0 Å². The SMILES string of the molecule is CNC(CCN1CCN(C2CC2)CC1)c1cccc(Br)c1. The minimum Gasteiger partial charge on any atom is -0.313 e. The third kappa shape index (κ3) is 4.28. The molecule has 1 heterocycles. The van der Waals surface area contributed by atoms with Gasteiger partial charge in [-0.25, -0.2) is 0 Å². The molecule has 2 fully saturated rings. The van der Waals surface area contributed by atoms with Crippen LogP contribution in [-0.4, -0.2) is 55.6 Å². The highest BCUT2D eigenvalue weighted by molar-refractivity contribution is 9.10. The van der Waals surface area contributed by atoms with E-state index in [-0.39, 0.29) is 0 Å². The number of nitrogens with one attached hydrogen (secondary N) is 1. The molecule has 21 heavy (non-hydrogen) atoms. The topological polar surface area (TPSA) is 18.5 Å². The van der Waals surface area contributed by atoms with Crippen molar-refractivity contribution in [3.8, 4) is 0 Å². The van der Waals surface area contributed by atoms with Crippen LogP contribution in [-0.2, 0) is 0 Å². The number of hydrogen-bond acceptors (Lipinski definition) is 3. The van der Waals surface area contributed by atoms with Crippen LogP contribution in [0, 0.1) is 0 Å². The van der Waals surface area contributed by atoms with Gasteiger partial charge in [-0.3, -0.25) is 4.90 Å². The van der Waals surface area contributed by atoms with E-state index in [4.69, 9.17) is 0 Å². The molecule has 2 aliphatic rings. The van der Waals surface area contributed by atoms with Crippen molar-refractivity contribution in [2.75, 3.05) is 39.8 Å². The van der Waals surface area contributed by atoms with Gasteiger partial charge in [0.05, 0.1) is 0 Å². The van der Waals surface area contributed by atoms with E-state index in [0.29, 0.717) is 6.04 Å². The average molecular weight is 352 g/mol. The summed E-state index contributed by atoms with van der Waals surface area (Å²) in [6, 6.07) is 10.0. The Labute approximate surface area is 136 Å². The van der Waals surface area contributed by atoms with Crippen molar-refractivity contribution in [2.24, 2.45) is 0 Å². The number of halogens is 1. The molecule has 1 N–H and O–H groups in total. The van der Waals surface area contributed by atoms with Crippen LogP contribution in [0.3, 0.4) is 0 Å². The fourth-order valence-electron chi connectivity index (χ4n) is 3.30. The lowest BCUT2D eigenvalue weighted by molar-refractivity contribution is 0.123. The van der Waals surface area contributed by atoms with Crippen LogP contribution >= 0.6 is 15.9 Å². The van der Waals surface area contributed by atoms with Gasteiger partial charge in [-0.2, -0.15) is 0 Å². The van der Waals surface area contributed by atoms with Gasteiger partial charge in [0.15, 0.2) is 0 Å². The highest BCUT2D eigenvalue weighted by Gasteiger charge is 2.31. The fraction of sp³-hybridized carbons (Fsp3) is 0.647. The lowest BCUT2D eigenvalue weighted by Crippen LogP contribution is -2.47. The first-order valence-corrected chi connectivity index (χ1v) is 8.94. The van der Waals surface area contributed by atoms with Gasteiger partial charge < -0.3 is 10.2 Å². The molecule has 4 heteroatoms. The van der Waals surface area contributed by atoms with E-state index >= 15 is 0 Å². The van der Waals surface area contributed by atoms with Crippen LogP contribution in [0.4, 0.5) is 0 Å². The van der Waals surface area contributed by atoms with Crippen LogP contribution in [0.5, 0.6) is 0 Å². The molecule has 0 amide bonds. The van der Waals surface area contributed by atoms with Gasteiger partial charge in [-0.05, 0) is 44.0 Å². The van der Waals surface area contributed by atoms with E-state index in [0.717, 1.165) is 6.04 Å². The summed E-state index contributed by atoms with van der Waals surface area (Å²) in [4.78, 5) is 5.31. The summed E-state index contributed by atoms with van der Waals surface area (Å²) in [7, 11) is 2.07. The second-order valence-corrected chi connectivity index (χ2v) is 7.21. The summed E-state index contributed by atoms with van der Waals surface area (Å²) >= 11 is 3.57. The Morgan fingerprint density at radius 3 is 2.62 bits per heavy atom. The largest absolute Gasteiger partial charge is 0.313 e. The van der Waals surface area contributed by atoms with Gasteiger partial charge in [-0.1, -0.05) is 28.1 Å². The molecule has 0 aromatic heterocycles. The summed E-state index contributed by atoms with van der Waals surface area (Å²) in [6.45, 7) is 6.21. The molecule has 0 radical (unpaired) electrons. The summed E-state index contributed by atoms with van der Waals surface area (Å²) < 4.78 is 1.17. The number of nitrogens with zero attached hydrogens (tertiary/aromatic N) is 2. The molecular formula is C17H26BrN3. The summed E-state index contributed by atoms with van der Waals surface area (Å²) in [5.74, 6) is 0. The molecule has 1 aliphatic heterocycles. The molecule has 1 saturated carbocycles. The van der Waals surface area contributed by atoms with E-state index in [1.54, 1.807) is 0 Å². The van der Waals surface area contributed by atoms with Crippen molar-refractivity contribution in [3.63, 3.8) is 0 Å². The Balaban J connectivity index is 1.47. The van der Waals surface area contributed by atoms with Gasteiger partial charge in [0.25, 0.3) is 0 Å². The average Bonchev–Trinajstić information content (AvgIpc) is 3.33. The molecule has 116 valence electrons. The molecule has 1 aliphatic carbocycles.